The molecule has 0 atom stereocenters. The van der Waals surface area contributed by atoms with E-state index in [1.54, 1.807) is 13.0 Å². The Balaban J connectivity index is 2.65. The van der Waals surface area contributed by atoms with E-state index in [2.05, 4.69) is 15.2 Å². The zero-order valence-electron chi connectivity index (χ0n) is 6.31. The van der Waals surface area contributed by atoms with Crippen LogP contribution in [0.2, 0.25) is 0 Å². The number of rotatable bonds is 0. The molecule has 0 aromatic carbocycles. The maximum atomic E-state index is 11.0. The summed E-state index contributed by atoms with van der Waals surface area (Å²) in [5, 5.41) is 7.29. The summed E-state index contributed by atoms with van der Waals surface area (Å²) < 4.78 is 4.84. The molecule has 2 rings (SSSR count). The molecule has 5 nitrogen and oxygen atoms in total. The van der Waals surface area contributed by atoms with Crippen LogP contribution in [0.15, 0.2) is 12.4 Å². The number of cyclic esters (lactones) is 1. The molecule has 0 bridgehead atoms. The van der Waals surface area contributed by atoms with E-state index in [1.165, 1.54) is 6.33 Å². The van der Waals surface area contributed by atoms with Gasteiger partial charge < -0.3 is 4.74 Å². The lowest BCUT2D eigenvalue weighted by Gasteiger charge is -1.90. The van der Waals surface area contributed by atoms with Crippen LogP contribution in [-0.2, 0) is 4.74 Å². The van der Waals surface area contributed by atoms with Gasteiger partial charge in [-0.25, -0.2) is 9.78 Å². The monoisotopic (exact) mass is 163 g/mol. The van der Waals surface area contributed by atoms with Crippen LogP contribution in [0.3, 0.4) is 0 Å². The van der Waals surface area contributed by atoms with Gasteiger partial charge in [0, 0.05) is 0 Å². The quantitative estimate of drug-likeness (QED) is 0.518. The van der Waals surface area contributed by atoms with Crippen molar-refractivity contribution in [1.82, 2.24) is 15.2 Å². The van der Waals surface area contributed by atoms with Crippen molar-refractivity contribution >= 4 is 11.7 Å². The van der Waals surface area contributed by atoms with Crippen molar-refractivity contribution in [2.45, 2.75) is 6.92 Å². The predicted octanol–water partition coefficient (Wildman–Crippen LogP) is 0.403. The number of fused-ring (bicyclic) bond motifs is 1. The molecule has 0 N–H and O–H groups in total. The van der Waals surface area contributed by atoms with Gasteiger partial charge in [0.15, 0.2) is 17.1 Å². The third kappa shape index (κ3) is 0.795. The van der Waals surface area contributed by atoms with Gasteiger partial charge in [0.05, 0.1) is 0 Å². The Labute approximate surface area is 68.1 Å². The minimum atomic E-state index is -0.465. The van der Waals surface area contributed by atoms with Crippen molar-refractivity contribution in [3.05, 3.63) is 23.8 Å². The van der Waals surface area contributed by atoms with Crippen molar-refractivity contribution in [2.24, 2.45) is 0 Å². The standard InChI is InChI=1S/C7H5N3O2/c1-2-4-5-6(7(11)12-4)8-3-9-10-5/h2-3H,1H3. The lowest BCUT2D eigenvalue weighted by molar-refractivity contribution is 0.0710. The number of carbonyl (C=O) groups excluding carboxylic acids is 1. The summed E-state index contributed by atoms with van der Waals surface area (Å²) in [4.78, 5) is 14.8. The first-order valence-corrected chi connectivity index (χ1v) is 3.39. The predicted molar refractivity (Wildman–Crippen MR) is 38.9 cm³/mol. The van der Waals surface area contributed by atoms with Crippen molar-refractivity contribution in [1.29, 1.82) is 0 Å². The fourth-order valence-corrected chi connectivity index (χ4v) is 0.983. The summed E-state index contributed by atoms with van der Waals surface area (Å²) in [7, 11) is 0. The van der Waals surface area contributed by atoms with Gasteiger partial charge in [-0.3, -0.25) is 0 Å². The highest BCUT2D eigenvalue weighted by molar-refractivity contribution is 5.99. The highest BCUT2D eigenvalue weighted by Crippen LogP contribution is 2.24. The van der Waals surface area contributed by atoms with Gasteiger partial charge in [0.25, 0.3) is 0 Å². The highest BCUT2D eigenvalue weighted by Gasteiger charge is 2.28. The first-order valence-electron chi connectivity index (χ1n) is 3.39. The maximum Gasteiger partial charge on any atom is 0.364 e. The Kier molecular flexibility index (Phi) is 1.36. The van der Waals surface area contributed by atoms with Crippen LogP contribution < -0.4 is 0 Å². The zero-order chi connectivity index (χ0) is 8.55. The van der Waals surface area contributed by atoms with E-state index in [0.29, 0.717) is 11.5 Å². The second kappa shape index (κ2) is 2.37. The molecular weight excluding hydrogens is 158 g/mol. The van der Waals surface area contributed by atoms with E-state index in [-0.39, 0.29) is 5.69 Å². The molecule has 0 spiro atoms. The lowest BCUT2D eigenvalue weighted by Crippen LogP contribution is -1.98. The van der Waals surface area contributed by atoms with E-state index in [1.807, 2.05) is 0 Å². The van der Waals surface area contributed by atoms with E-state index in [4.69, 9.17) is 4.74 Å². The summed E-state index contributed by atoms with van der Waals surface area (Å²) in [5.74, 6) is -0.0383. The molecule has 2 heterocycles. The van der Waals surface area contributed by atoms with Crippen molar-refractivity contribution < 1.29 is 9.53 Å². The van der Waals surface area contributed by atoms with Crippen LogP contribution in [-0.4, -0.2) is 21.2 Å². The Morgan fingerprint density at radius 3 is 3.08 bits per heavy atom. The average Bonchev–Trinajstić information content (AvgIpc) is 2.44. The number of esters is 1. The molecular formula is C7H5N3O2. The van der Waals surface area contributed by atoms with E-state index in [0.717, 1.165) is 0 Å². The third-order valence-electron chi connectivity index (χ3n) is 1.51. The molecule has 0 aliphatic carbocycles. The van der Waals surface area contributed by atoms with Gasteiger partial charge in [0.2, 0.25) is 0 Å². The second-order valence-corrected chi connectivity index (χ2v) is 2.20. The maximum absolute atomic E-state index is 11.0. The van der Waals surface area contributed by atoms with E-state index >= 15 is 0 Å². The summed E-state index contributed by atoms with van der Waals surface area (Å²) in [6.07, 6.45) is 2.87. The summed E-state index contributed by atoms with van der Waals surface area (Å²) in [6.45, 7) is 1.76. The highest BCUT2D eigenvalue weighted by atomic mass is 16.5. The lowest BCUT2D eigenvalue weighted by atomic mass is 10.3. The average molecular weight is 163 g/mol. The van der Waals surface area contributed by atoms with Gasteiger partial charge in [-0.2, -0.15) is 0 Å². The van der Waals surface area contributed by atoms with Crippen LogP contribution >= 0.6 is 0 Å². The van der Waals surface area contributed by atoms with Gasteiger partial charge in [-0.15, -0.1) is 10.2 Å². The third-order valence-corrected chi connectivity index (χ3v) is 1.51. The minimum absolute atomic E-state index is 0.234. The molecule has 0 saturated heterocycles. The number of allylic oxidation sites excluding steroid dienone is 1. The molecule has 0 radical (unpaired) electrons. The smallest absolute Gasteiger partial charge is 0.364 e. The molecule has 1 aliphatic rings. The van der Waals surface area contributed by atoms with E-state index < -0.39 is 5.97 Å². The molecule has 12 heavy (non-hydrogen) atoms. The Morgan fingerprint density at radius 2 is 2.33 bits per heavy atom. The van der Waals surface area contributed by atoms with Crippen LogP contribution in [0.25, 0.3) is 5.76 Å². The molecule has 5 heteroatoms. The minimum Gasteiger partial charge on any atom is -0.420 e. The Bertz CT molecular complexity index is 373. The largest absolute Gasteiger partial charge is 0.420 e. The number of ether oxygens (including phenoxy) is 1. The molecule has 1 aromatic rings. The summed E-state index contributed by atoms with van der Waals surface area (Å²) >= 11 is 0. The SMILES string of the molecule is CC=C1OC(=O)c2ncnnc21. The molecule has 1 aromatic heterocycles. The van der Waals surface area contributed by atoms with Crippen molar-refractivity contribution in [3.8, 4) is 0 Å². The van der Waals surface area contributed by atoms with Crippen molar-refractivity contribution in [3.63, 3.8) is 0 Å². The van der Waals surface area contributed by atoms with Crippen LogP contribution in [0.1, 0.15) is 23.1 Å². The van der Waals surface area contributed by atoms with Gasteiger partial charge in [-0.1, -0.05) is 0 Å². The number of hydrogen-bond acceptors (Lipinski definition) is 5. The molecule has 0 fully saturated rings. The van der Waals surface area contributed by atoms with Gasteiger partial charge in [-0.05, 0) is 13.0 Å². The van der Waals surface area contributed by atoms with Gasteiger partial charge in [0.1, 0.15) is 6.33 Å². The van der Waals surface area contributed by atoms with Crippen molar-refractivity contribution in [2.75, 3.05) is 0 Å². The van der Waals surface area contributed by atoms with Crippen LogP contribution in [0, 0.1) is 0 Å². The first-order chi connectivity index (χ1) is 5.83. The van der Waals surface area contributed by atoms with E-state index in [9.17, 15) is 4.79 Å². The molecule has 1 aliphatic heterocycles. The topological polar surface area (TPSA) is 65.0 Å². The van der Waals surface area contributed by atoms with Gasteiger partial charge >= 0.3 is 5.97 Å². The van der Waals surface area contributed by atoms with Crippen LogP contribution in [0.4, 0.5) is 0 Å². The number of carbonyl (C=O) groups is 1. The number of nitrogens with zero attached hydrogens (tertiary/aromatic N) is 3. The molecule has 0 unspecified atom stereocenters. The summed E-state index contributed by atoms with van der Waals surface area (Å²) in [5.41, 5.74) is 0.656. The number of aromatic nitrogens is 3. The fraction of sp³-hybridized carbons (Fsp3) is 0.143. The molecule has 0 saturated carbocycles. The Hall–Kier alpha value is -1.78. The Morgan fingerprint density at radius 1 is 1.50 bits per heavy atom. The normalized spacial score (nSPS) is 17.8. The zero-order valence-corrected chi connectivity index (χ0v) is 6.31. The second-order valence-electron chi connectivity index (χ2n) is 2.20. The summed E-state index contributed by atoms with van der Waals surface area (Å²) in [6, 6.07) is 0. The number of hydrogen-bond donors (Lipinski definition) is 0. The van der Waals surface area contributed by atoms with Crippen LogP contribution in [0.5, 0.6) is 0 Å². The fourth-order valence-electron chi connectivity index (χ4n) is 0.983. The molecule has 60 valence electrons. The molecule has 0 amide bonds. The first kappa shape index (κ1) is 6.90.